The highest BCUT2D eigenvalue weighted by Gasteiger charge is 2.18. The average Bonchev–Trinajstić information content (AvgIpc) is 2.88. The van der Waals surface area contributed by atoms with Crippen LogP contribution >= 0.6 is 11.6 Å². The SMILES string of the molecule is CC(C)C(=O)Nc1cc(C(=O)O)cc(-c2ccccc2-c2c(Cl)cccc2OCc2ccccc2)c1. The van der Waals surface area contributed by atoms with Gasteiger partial charge in [0.25, 0.3) is 0 Å². The van der Waals surface area contributed by atoms with Gasteiger partial charge in [-0.3, -0.25) is 4.79 Å². The molecule has 4 aromatic carbocycles. The zero-order valence-corrected chi connectivity index (χ0v) is 20.8. The van der Waals surface area contributed by atoms with Gasteiger partial charge in [0.2, 0.25) is 5.91 Å². The van der Waals surface area contributed by atoms with Crippen molar-refractivity contribution in [3.8, 4) is 28.0 Å². The van der Waals surface area contributed by atoms with Crippen LogP contribution in [0, 0.1) is 5.92 Å². The Morgan fingerprint density at radius 2 is 1.58 bits per heavy atom. The largest absolute Gasteiger partial charge is 0.488 e. The third-order valence-electron chi connectivity index (χ3n) is 5.69. The highest BCUT2D eigenvalue weighted by Crippen LogP contribution is 2.42. The summed E-state index contributed by atoms with van der Waals surface area (Å²) in [6.45, 7) is 3.93. The highest BCUT2D eigenvalue weighted by atomic mass is 35.5. The predicted molar refractivity (Wildman–Crippen MR) is 144 cm³/mol. The van der Waals surface area contributed by atoms with Crippen molar-refractivity contribution < 1.29 is 19.4 Å². The van der Waals surface area contributed by atoms with Crippen LogP contribution in [0.15, 0.2) is 91.0 Å². The molecular formula is C30H26ClNO4. The van der Waals surface area contributed by atoms with E-state index < -0.39 is 5.97 Å². The lowest BCUT2D eigenvalue weighted by molar-refractivity contribution is -0.118. The lowest BCUT2D eigenvalue weighted by Crippen LogP contribution is -2.18. The molecule has 1 amide bonds. The number of aromatic carboxylic acids is 1. The Kier molecular flexibility index (Phi) is 7.71. The van der Waals surface area contributed by atoms with E-state index in [1.165, 1.54) is 6.07 Å². The van der Waals surface area contributed by atoms with Crippen LogP contribution in [0.1, 0.15) is 29.8 Å². The first-order chi connectivity index (χ1) is 17.3. The van der Waals surface area contributed by atoms with Gasteiger partial charge in [-0.15, -0.1) is 0 Å². The number of rotatable bonds is 8. The molecule has 0 aliphatic rings. The minimum atomic E-state index is -1.08. The zero-order chi connectivity index (χ0) is 25.7. The number of hydrogen-bond donors (Lipinski definition) is 2. The van der Waals surface area contributed by atoms with E-state index in [-0.39, 0.29) is 17.4 Å². The highest BCUT2D eigenvalue weighted by molar-refractivity contribution is 6.34. The normalized spacial score (nSPS) is 10.8. The van der Waals surface area contributed by atoms with Crippen LogP contribution < -0.4 is 10.1 Å². The van der Waals surface area contributed by atoms with Crippen LogP contribution in [0.2, 0.25) is 5.02 Å². The van der Waals surface area contributed by atoms with Crippen LogP contribution in [-0.2, 0) is 11.4 Å². The molecule has 182 valence electrons. The molecule has 6 heteroatoms. The van der Waals surface area contributed by atoms with Gasteiger partial charge in [-0.05, 0) is 52.6 Å². The summed E-state index contributed by atoms with van der Waals surface area (Å²) in [7, 11) is 0. The van der Waals surface area contributed by atoms with Crippen molar-refractivity contribution in [3.63, 3.8) is 0 Å². The second-order valence-electron chi connectivity index (χ2n) is 8.68. The Morgan fingerprint density at radius 3 is 2.28 bits per heavy atom. The molecule has 0 saturated carbocycles. The van der Waals surface area contributed by atoms with Gasteiger partial charge in [0.1, 0.15) is 12.4 Å². The van der Waals surface area contributed by atoms with E-state index in [9.17, 15) is 14.7 Å². The average molecular weight is 500 g/mol. The standard InChI is InChI=1S/C30H26ClNO4/c1-19(2)29(33)32-23-16-21(15-22(17-23)30(34)35)24-11-6-7-12-25(24)28-26(31)13-8-14-27(28)36-18-20-9-4-3-5-10-20/h3-17,19H,18H2,1-2H3,(H,32,33)(H,34,35). The fourth-order valence-corrected chi connectivity index (χ4v) is 4.11. The second kappa shape index (κ2) is 11.1. The predicted octanol–water partition coefficient (Wildman–Crippen LogP) is 7.55. The number of anilines is 1. The lowest BCUT2D eigenvalue weighted by Gasteiger charge is -2.18. The van der Waals surface area contributed by atoms with Gasteiger partial charge < -0.3 is 15.2 Å². The van der Waals surface area contributed by atoms with Gasteiger partial charge in [-0.25, -0.2) is 4.79 Å². The fraction of sp³-hybridized carbons (Fsp3) is 0.133. The molecule has 0 heterocycles. The quantitative estimate of drug-likeness (QED) is 0.262. The number of nitrogens with one attached hydrogen (secondary N) is 1. The van der Waals surface area contributed by atoms with Gasteiger partial charge in [-0.2, -0.15) is 0 Å². The summed E-state index contributed by atoms with van der Waals surface area (Å²) in [6.07, 6.45) is 0. The number of carboxylic acids is 1. The maximum absolute atomic E-state index is 12.3. The Labute approximate surface area is 215 Å². The molecule has 0 aliphatic heterocycles. The van der Waals surface area contributed by atoms with Crippen LogP contribution in [-0.4, -0.2) is 17.0 Å². The molecule has 0 spiro atoms. The monoisotopic (exact) mass is 499 g/mol. The molecule has 0 bridgehead atoms. The van der Waals surface area contributed by atoms with Gasteiger partial charge in [0.05, 0.1) is 10.6 Å². The van der Waals surface area contributed by atoms with Crippen molar-refractivity contribution in [2.75, 3.05) is 5.32 Å². The molecule has 0 aromatic heterocycles. The maximum atomic E-state index is 12.3. The topological polar surface area (TPSA) is 75.6 Å². The summed E-state index contributed by atoms with van der Waals surface area (Å²) in [5.41, 5.74) is 4.40. The molecule has 0 aliphatic carbocycles. The van der Waals surface area contributed by atoms with Crippen molar-refractivity contribution in [3.05, 3.63) is 107 Å². The molecule has 0 radical (unpaired) electrons. The molecule has 4 aromatic rings. The van der Waals surface area contributed by atoms with E-state index in [2.05, 4.69) is 5.32 Å². The number of carboxylic acid groups (broad SMARTS) is 1. The number of ether oxygens (including phenoxy) is 1. The van der Waals surface area contributed by atoms with E-state index in [1.54, 1.807) is 32.0 Å². The van der Waals surface area contributed by atoms with E-state index in [0.717, 1.165) is 16.7 Å². The Morgan fingerprint density at radius 1 is 0.889 bits per heavy atom. The maximum Gasteiger partial charge on any atom is 0.335 e. The van der Waals surface area contributed by atoms with Gasteiger partial charge in [0, 0.05) is 17.2 Å². The second-order valence-corrected chi connectivity index (χ2v) is 9.09. The van der Waals surface area contributed by atoms with E-state index in [4.69, 9.17) is 16.3 Å². The number of amides is 1. The number of benzene rings is 4. The van der Waals surface area contributed by atoms with Gasteiger partial charge in [-0.1, -0.05) is 86.1 Å². The first-order valence-corrected chi connectivity index (χ1v) is 12.0. The van der Waals surface area contributed by atoms with Crippen LogP contribution in [0.4, 0.5) is 5.69 Å². The van der Waals surface area contributed by atoms with Gasteiger partial charge in [0.15, 0.2) is 0 Å². The molecule has 0 atom stereocenters. The Hall–Kier alpha value is -4.09. The minimum absolute atomic E-state index is 0.0704. The molecule has 0 saturated heterocycles. The van der Waals surface area contributed by atoms with Crippen molar-refractivity contribution in [1.82, 2.24) is 0 Å². The van der Waals surface area contributed by atoms with Crippen molar-refractivity contribution >= 4 is 29.2 Å². The molecule has 4 rings (SSSR count). The molecule has 5 nitrogen and oxygen atoms in total. The molecule has 36 heavy (non-hydrogen) atoms. The van der Waals surface area contributed by atoms with Gasteiger partial charge >= 0.3 is 5.97 Å². The van der Waals surface area contributed by atoms with E-state index >= 15 is 0 Å². The molecular weight excluding hydrogens is 474 g/mol. The summed E-state index contributed by atoms with van der Waals surface area (Å²) >= 11 is 6.69. The lowest BCUT2D eigenvalue weighted by atomic mass is 9.92. The molecule has 0 fully saturated rings. The first-order valence-electron chi connectivity index (χ1n) is 11.6. The Balaban J connectivity index is 1.80. The van der Waals surface area contributed by atoms with Crippen LogP contribution in [0.5, 0.6) is 5.75 Å². The van der Waals surface area contributed by atoms with Crippen LogP contribution in [0.3, 0.4) is 0 Å². The van der Waals surface area contributed by atoms with E-state index in [1.807, 2.05) is 66.7 Å². The van der Waals surface area contributed by atoms with Crippen molar-refractivity contribution in [2.24, 2.45) is 5.92 Å². The molecule has 2 N–H and O–H groups in total. The first kappa shape index (κ1) is 25.0. The fourth-order valence-electron chi connectivity index (χ4n) is 3.84. The zero-order valence-electron chi connectivity index (χ0n) is 20.0. The molecule has 0 unspecified atom stereocenters. The summed E-state index contributed by atoms with van der Waals surface area (Å²) < 4.78 is 6.18. The summed E-state index contributed by atoms with van der Waals surface area (Å²) in [4.78, 5) is 24.2. The Bertz CT molecular complexity index is 1400. The third-order valence-corrected chi connectivity index (χ3v) is 6.01. The summed E-state index contributed by atoms with van der Waals surface area (Å²) in [6, 6.07) is 27.7. The van der Waals surface area contributed by atoms with E-state index in [0.29, 0.717) is 34.2 Å². The number of carbonyl (C=O) groups is 2. The number of halogens is 1. The minimum Gasteiger partial charge on any atom is -0.488 e. The summed E-state index contributed by atoms with van der Waals surface area (Å²) in [5, 5.41) is 13.0. The van der Waals surface area contributed by atoms with Crippen molar-refractivity contribution in [2.45, 2.75) is 20.5 Å². The number of carbonyl (C=O) groups excluding carboxylic acids is 1. The smallest absolute Gasteiger partial charge is 0.335 e. The van der Waals surface area contributed by atoms with Crippen molar-refractivity contribution in [1.29, 1.82) is 0 Å². The third kappa shape index (κ3) is 5.75. The van der Waals surface area contributed by atoms with Crippen LogP contribution in [0.25, 0.3) is 22.3 Å². The number of hydrogen-bond acceptors (Lipinski definition) is 3. The summed E-state index contributed by atoms with van der Waals surface area (Å²) in [5.74, 6) is -0.915.